The first-order chi connectivity index (χ1) is 19.4. The van der Waals surface area contributed by atoms with E-state index in [1.54, 1.807) is 42.1 Å². The third-order valence-electron chi connectivity index (χ3n) is 7.49. The van der Waals surface area contributed by atoms with Crippen LogP contribution in [0.25, 0.3) is 10.9 Å². The molecule has 5 rings (SSSR count). The number of hydrogen-bond donors (Lipinski definition) is 2. The highest BCUT2D eigenvalue weighted by molar-refractivity contribution is 6.06. The molecular weight excluding hydrogens is 518 g/mol. The highest BCUT2D eigenvalue weighted by Crippen LogP contribution is 2.30. The molecule has 0 radical (unpaired) electrons. The van der Waals surface area contributed by atoms with Gasteiger partial charge in [0.25, 0.3) is 11.5 Å². The lowest BCUT2D eigenvalue weighted by atomic mass is 10.0. The summed E-state index contributed by atoms with van der Waals surface area (Å²) >= 11 is 0. The maximum absolute atomic E-state index is 13.1. The van der Waals surface area contributed by atoms with Crippen LogP contribution in [0.4, 0.5) is 4.79 Å². The Morgan fingerprint density at radius 3 is 2.58 bits per heavy atom. The van der Waals surface area contributed by atoms with Crippen molar-refractivity contribution in [2.75, 3.05) is 47.0 Å². The molecule has 1 saturated heterocycles. The molecule has 0 bridgehead atoms. The van der Waals surface area contributed by atoms with Gasteiger partial charge in [0.05, 0.1) is 36.6 Å². The van der Waals surface area contributed by atoms with Crippen LogP contribution in [0.5, 0.6) is 17.2 Å². The minimum atomic E-state index is -0.988. The number of carbonyl (C=O) groups excluding carboxylic acids is 1. The Balaban J connectivity index is 1.25. The molecule has 2 N–H and O–H groups in total. The molecule has 3 aromatic rings. The van der Waals surface area contributed by atoms with E-state index in [0.29, 0.717) is 91.6 Å². The summed E-state index contributed by atoms with van der Waals surface area (Å²) in [5.74, 6) is 1.42. The average molecular weight is 552 g/mol. The van der Waals surface area contributed by atoms with Crippen LogP contribution < -0.4 is 25.1 Å². The number of nitrogens with one attached hydrogen (secondary N) is 1. The van der Waals surface area contributed by atoms with Crippen molar-refractivity contribution in [2.45, 2.75) is 32.0 Å². The quantitative estimate of drug-likeness (QED) is 0.432. The zero-order valence-electron chi connectivity index (χ0n) is 22.6. The lowest BCUT2D eigenvalue weighted by Crippen LogP contribution is -2.47. The smallest absolute Gasteiger partial charge is 0.407 e. The molecular formula is C28H33N5O7. The Morgan fingerprint density at radius 2 is 1.88 bits per heavy atom. The normalized spacial score (nSPS) is 15.6. The molecule has 2 aliphatic rings. The molecule has 0 spiro atoms. The number of carboxylic acid groups (broad SMARTS) is 1. The van der Waals surface area contributed by atoms with Crippen LogP contribution in [0.3, 0.4) is 0 Å². The molecule has 2 aliphatic heterocycles. The monoisotopic (exact) mass is 551 g/mol. The molecule has 12 nitrogen and oxygen atoms in total. The van der Waals surface area contributed by atoms with Crippen molar-refractivity contribution in [3.63, 3.8) is 0 Å². The zero-order chi connectivity index (χ0) is 28.2. The fraction of sp³-hybridized carbons (Fsp3) is 0.429. The number of rotatable bonds is 8. The van der Waals surface area contributed by atoms with E-state index in [1.165, 1.54) is 18.0 Å². The van der Waals surface area contributed by atoms with Crippen LogP contribution in [0.1, 0.15) is 28.9 Å². The number of fused-ring (bicyclic) bond motifs is 2. The van der Waals surface area contributed by atoms with Crippen molar-refractivity contribution >= 4 is 22.9 Å². The van der Waals surface area contributed by atoms with Gasteiger partial charge in [0, 0.05) is 62.9 Å². The first kappa shape index (κ1) is 27.3. The number of benzene rings is 1. The number of amides is 2. The number of carbonyl (C=O) groups is 2. The van der Waals surface area contributed by atoms with Crippen molar-refractivity contribution < 1.29 is 28.9 Å². The first-order valence-corrected chi connectivity index (χ1v) is 13.3. The second kappa shape index (κ2) is 11.8. The predicted molar refractivity (Wildman–Crippen MR) is 146 cm³/mol. The van der Waals surface area contributed by atoms with Gasteiger partial charge in [-0.2, -0.15) is 0 Å². The third-order valence-corrected chi connectivity index (χ3v) is 7.49. The van der Waals surface area contributed by atoms with E-state index in [1.807, 2.05) is 0 Å². The Bertz CT molecular complexity index is 1470. The van der Waals surface area contributed by atoms with Crippen LogP contribution in [0.2, 0.25) is 0 Å². The number of pyridine rings is 2. The number of nitrogens with zero attached hydrogens (tertiary/aromatic N) is 4. The molecule has 1 fully saturated rings. The SMILES string of the molecule is CNC(=O)c1cc(=O)n(CCN2CCC(N(Cc3cc4c(cn3)OCCO4)C(=O)O)CC2)c2cc(OC)ccc12. The fourth-order valence-electron chi connectivity index (χ4n) is 5.34. The Morgan fingerprint density at radius 1 is 1.12 bits per heavy atom. The second-order valence-electron chi connectivity index (χ2n) is 9.81. The van der Waals surface area contributed by atoms with Gasteiger partial charge in [0.1, 0.15) is 19.0 Å². The zero-order valence-corrected chi connectivity index (χ0v) is 22.6. The Kier molecular flexibility index (Phi) is 8.06. The molecule has 0 aliphatic carbocycles. The van der Waals surface area contributed by atoms with E-state index < -0.39 is 6.09 Å². The number of aromatic nitrogens is 2. The first-order valence-electron chi connectivity index (χ1n) is 13.3. The van der Waals surface area contributed by atoms with E-state index in [2.05, 4.69) is 15.2 Å². The number of likely N-dealkylation sites (tertiary alicyclic amines) is 1. The van der Waals surface area contributed by atoms with Gasteiger partial charge in [0.2, 0.25) is 0 Å². The summed E-state index contributed by atoms with van der Waals surface area (Å²) in [7, 11) is 3.09. The lowest BCUT2D eigenvalue weighted by molar-refractivity contribution is 0.0848. The van der Waals surface area contributed by atoms with Gasteiger partial charge in [-0.1, -0.05) is 0 Å². The third kappa shape index (κ3) is 5.67. The van der Waals surface area contributed by atoms with E-state index in [0.717, 1.165) is 0 Å². The predicted octanol–water partition coefficient (Wildman–Crippen LogP) is 2.18. The van der Waals surface area contributed by atoms with Crippen molar-refractivity contribution in [1.29, 1.82) is 0 Å². The Labute approximate surface area is 231 Å². The van der Waals surface area contributed by atoms with Gasteiger partial charge in [-0.05, 0) is 25.0 Å². The van der Waals surface area contributed by atoms with Gasteiger partial charge in [-0.3, -0.25) is 19.5 Å². The topological polar surface area (TPSA) is 135 Å². The molecule has 212 valence electrons. The van der Waals surface area contributed by atoms with Crippen LogP contribution in [0, 0.1) is 0 Å². The van der Waals surface area contributed by atoms with Gasteiger partial charge in [-0.25, -0.2) is 4.79 Å². The molecule has 4 heterocycles. The van der Waals surface area contributed by atoms with Crippen molar-refractivity contribution in [3.8, 4) is 17.2 Å². The molecule has 40 heavy (non-hydrogen) atoms. The summed E-state index contributed by atoms with van der Waals surface area (Å²) in [6, 6.07) is 8.29. The molecule has 12 heteroatoms. The number of piperidine rings is 1. The van der Waals surface area contributed by atoms with Crippen LogP contribution in [0.15, 0.2) is 41.3 Å². The van der Waals surface area contributed by atoms with E-state index >= 15 is 0 Å². The molecule has 2 amide bonds. The van der Waals surface area contributed by atoms with E-state index in [-0.39, 0.29) is 24.1 Å². The molecule has 1 aromatic carbocycles. The lowest BCUT2D eigenvalue weighted by Gasteiger charge is -2.37. The fourth-order valence-corrected chi connectivity index (χ4v) is 5.34. The second-order valence-corrected chi connectivity index (χ2v) is 9.81. The average Bonchev–Trinajstić information content (AvgIpc) is 2.98. The summed E-state index contributed by atoms with van der Waals surface area (Å²) in [5.41, 5.74) is 1.29. The highest BCUT2D eigenvalue weighted by atomic mass is 16.6. The van der Waals surface area contributed by atoms with Gasteiger partial charge >= 0.3 is 6.09 Å². The van der Waals surface area contributed by atoms with Crippen molar-refractivity contribution in [2.24, 2.45) is 0 Å². The number of ether oxygens (including phenoxy) is 3. The van der Waals surface area contributed by atoms with Gasteiger partial charge in [0.15, 0.2) is 11.5 Å². The summed E-state index contributed by atoms with van der Waals surface area (Å²) in [6.45, 7) is 3.49. The number of hydrogen-bond acceptors (Lipinski definition) is 8. The molecule has 0 unspecified atom stereocenters. The minimum absolute atomic E-state index is 0.150. The van der Waals surface area contributed by atoms with Crippen molar-refractivity contribution in [3.05, 3.63) is 58.1 Å². The largest absolute Gasteiger partial charge is 0.497 e. The van der Waals surface area contributed by atoms with Crippen LogP contribution >= 0.6 is 0 Å². The summed E-state index contributed by atoms with van der Waals surface area (Å²) < 4.78 is 18.1. The maximum atomic E-state index is 13.1. The summed E-state index contributed by atoms with van der Waals surface area (Å²) in [5, 5.41) is 13.2. The minimum Gasteiger partial charge on any atom is -0.497 e. The summed E-state index contributed by atoms with van der Waals surface area (Å²) in [6.07, 6.45) is 1.92. The molecule has 2 aromatic heterocycles. The molecule has 0 saturated carbocycles. The summed E-state index contributed by atoms with van der Waals surface area (Å²) in [4.78, 5) is 45.6. The van der Waals surface area contributed by atoms with Gasteiger partial charge in [-0.15, -0.1) is 0 Å². The van der Waals surface area contributed by atoms with E-state index in [9.17, 15) is 19.5 Å². The molecule has 0 atom stereocenters. The number of methoxy groups -OCH3 is 1. The van der Waals surface area contributed by atoms with Crippen molar-refractivity contribution in [1.82, 2.24) is 24.7 Å². The van der Waals surface area contributed by atoms with Crippen LogP contribution in [-0.2, 0) is 13.1 Å². The maximum Gasteiger partial charge on any atom is 0.407 e. The van der Waals surface area contributed by atoms with Gasteiger partial charge < -0.3 is 34.1 Å². The highest BCUT2D eigenvalue weighted by Gasteiger charge is 2.29. The standard InChI is InChI=1S/C28H33N5O7/c1-29-27(35)22-15-26(34)32(23-14-20(38-2)3-4-21(22)23)10-9-31-7-5-19(6-8-31)33(28(36)37)17-18-13-24-25(16-30-18)40-12-11-39-24/h3-4,13-16,19H,5-12,17H2,1-2H3,(H,29,35)(H,36,37). The van der Waals surface area contributed by atoms with Crippen LogP contribution in [-0.4, -0.2) is 89.5 Å². The Hall–Kier alpha value is -4.32. The van der Waals surface area contributed by atoms with E-state index in [4.69, 9.17) is 14.2 Å².